The Labute approximate surface area is 107 Å². The first-order valence-electron chi connectivity index (χ1n) is 6.06. The number of aromatic nitrogens is 1. The maximum atomic E-state index is 5.85. The monoisotopic (exact) mass is 254 g/mol. The number of hydrogen-bond donors (Lipinski definition) is 2. The van der Waals surface area contributed by atoms with E-state index in [0.717, 1.165) is 12.4 Å². The molecule has 3 N–H and O–H groups in total. The van der Waals surface area contributed by atoms with Crippen molar-refractivity contribution in [2.24, 2.45) is 0 Å². The minimum Gasteiger partial charge on any atom is -0.399 e. The number of nitrogen functional groups attached to an aromatic ring is 1. The van der Waals surface area contributed by atoms with Gasteiger partial charge in [-0.15, -0.1) is 0 Å². The molecule has 1 unspecified atom stereocenters. The normalized spacial score (nSPS) is 18.2. The Morgan fingerprint density at radius 2 is 2.18 bits per heavy atom. The molecule has 1 aliphatic rings. The third-order valence-corrected chi connectivity index (χ3v) is 3.35. The summed E-state index contributed by atoms with van der Waals surface area (Å²) in [6.07, 6.45) is 2.62. The largest absolute Gasteiger partial charge is 0.399 e. The zero-order valence-electron chi connectivity index (χ0n) is 10.1. The molecule has 1 saturated heterocycles. The van der Waals surface area contributed by atoms with Gasteiger partial charge in [0.2, 0.25) is 0 Å². The SMILES string of the molecule is CC(CNc1cc(N)cc(Cl)n1)N1CCCC1. The molecular weight excluding hydrogens is 236 g/mol. The van der Waals surface area contributed by atoms with Crippen LogP contribution in [0, 0.1) is 0 Å². The van der Waals surface area contributed by atoms with Gasteiger partial charge in [0.25, 0.3) is 0 Å². The molecule has 2 rings (SSSR count). The third kappa shape index (κ3) is 3.48. The molecule has 1 aliphatic heterocycles. The molecule has 1 fully saturated rings. The first kappa shape index (κ1) is 12.5. The Morgan fingerprint density at radius 3 is 2.82 bits per heavy atom. The van der Waals surface area contributed by atoms with Gasteiger partial charge in [0.15, 0.2) is 0 Å². The van der Waals surface area contributed by atoms with Crippen molar-refractivity contribution >= 4 is 23.1 Å². The van der Waals surface area contributed by atoms with Crippen LogP contribution in [0.5, 0.6) is 0 Å². The van der Waals surface area contributed by atoms with Gasteiger partial charge in [-0.25, -0.2) is 4.98 Å². The summed E-state index contributed by atoms with van der Waals surface area (Å²) in [6.45, 7) is 5.50. The number of pyridine rings is 1. The summed E-state index contributed by atoms with van der Waals surface area (Å²) in [5.41, 5.74) is 6.35. The van der Waals surface area contributed by atoms with Gasteiger partial charge in [0.1, 0.15) is 11.0 Å². The van der Waals surface area contributed by atoms with Gasteiger partial charge in [0.05, 0.1) is 0 Å². The van der Waals surface area contributed by atoms with Crippen molar-refractivity contribution in [2.45, 2.75) is 25.8 Å². The van der Waals surface area contributed by atoms with Gasteiger partial charge in [0, 0.05) is 24.3 Å². The van der Waals surface area contributed by atoms with Crippen LogP contribution in [0.4, 0.5) is 11.5 Å². The van der Waals surface area contributed by atoms with Crippen molar-refractivity contribution in [3.05, 3.63) is 17.3 Å². The lowest BCUT2D eigenvalue weighted by Gasteiger charge is -2.24. The molecule has 1 aromatic rings. The summed E-state index contributed by atoms with van der Waals surface area (Å²) in [5, 5.41) is 3.72. The van der Waals surface area contributed by atoms with Crippen molar-refractivity contribution in [3.8, 4) is 0 Å². The Kier molecular flexibility index (Phi) is 4.07. The van der Waals surface area contributed by atoms with E-state index in [9.17, 15) is 0 Å². The van der Waals surface area contributed by atoms with Gasteiger partial charge in [-0.1, -0.05) is 11.6 Å². The molecule has 0 saturated carbocycles. The number of rotatable bonds is 4. The summed E-state index contributed by atoms with van der Waals surface area (Å²) < 4.78 is 0. The molecule has 4 nitrogen and oxygen atoms in total. The maximum Gasteiger partial charge on any atom is 0.133 e. The van der Waals surface area contributed by atoms with Crippen LogP contribution in [0.2, 0.25) is 5.15 Å². The molecule has 1 aromatic heterocycles. The average molecular weight is 255 g/mol. The van der Waals surface area contributed by atoms with Crippen LogP contribution < -0.4 is 11.1 Å². The third-order valence-electron chi connectivity index (χ3n) is 3.16. The van der Waals surface area contributed by atoms with Gasteiger partial charge in [-0.2, -0.15) is 0 Å². The van der Waals surface area contributed by atoms with E-state index in [1.54, 1.807) is 6.07 Å². The zero-order valence-corrected chi connectivity index (χ0v) is 10.9. The smallest absolute Gasteiger partial charge is 0.133 e. The Hall–Kier alpha value is -1.00. The van der Waals surface area contributed by atoms with Gasteiger partial charge < -0.3 is 11.1 Å². The molecule has 94 valence electrons. The van der Waals surface area contributed by atoms with Crippen molar-refractivity contribution in [3.63, 3.8) is 0 Å². The number of halogens is 1. The Balaban J connectivity index is 1.88. The molecule has 0 bridgehead atoms. The summed E-state index contributed by atoms with van der Waals surface area (Å²) in [5.74, 6) is 0.751. The topological polar surface area (TPSA) is 54.2 Å². The number of nitrogens with two attached hydrogens (primary N) is 1. The van der Waals surface area contributed by atoms with Gasteiger partial charge >= 0.3 is 0 Å². The highest BCUT2D eigenvalue weighted by Crippen LogP contribution is 2.17. The fourth-order valence-corrected chi connectivity index (χ4v) is 2.39. The second-order valence-corrected chi connectivity index (χ2v) is 4.97. The van der Waals surface area contributed by atoms with Crippen molar-refractivity contribution in [1.82, 2.24) is 9.88 Å². The minimum atomic E-state index is 0.432. The highest BCUT2D eigenvalue weighted by atomic mass is 35.5. The van der Waals surface area contributed by atoms with E-state index in [-0.39, 0.29) is 0 Å². The molecule has 5 heteroatoms. The second-order valence-electron chi connectivity index (χ2n) is 4.58. The lowest BCUT2D eigenvalue weighted by Crippen LogP contribution is -2.35. The Bertz CT molecular complexity index is 357. The molecule has 0 spiro atoms. The molecule has 17 heavy (non-hydrogen) atoms. The van der Waals surface area contributed by atoms with Crippen LogP contribution in [0.15, 0.2) is 12.1 Å². The number of nitrogens with one attached hydrogen (secondary N) is 1. The van der Waals surface area contributed by atoms with E-state index >= 15 is 0 Å². The highest BCUT2D eigenvalue weighted by molar-refractivity contribution is 6.29. The van der Waals surface area contributed by atoms with Crippen molar-refractivity contribution in [1.29, 1.82) is 0 Å². The van der Waals surface area contributed by atoms with Crippen LogP contribution in [0.25, 0.3) is 0 Å². The number of hydrogen-bond acceptors (Lipinski definition) is 4. The molecule has 0 radical (unpaired) electrons. The molecule has 0 amide bonds. The molecule has 1 atom stereocenters. The maximum absolute atomic E-state index is 5.85. The van der Waals surface area contributed by atoms with E-state index in [2.05, 4.69) is 22.1 Å². The summed E-state index contributed by atoms with van der Waals surface area (Å²) in [4.78, 5) is 6.68. The number of nitrogens with zero attached hydrogens (tertiary/aromatic N) is 2. The van der Waals surface area contributed by atoms with Crippen LogP contribution in [0.1, 0.15) is 19.8 Å². The van der Waals surface area contributed by atoms with E-state index < -0.39 is 0 Å². The van der Waals surface area contributed by atoms with Crippen LogP contribution in [-0.4, -0.2) is 35.6 Å². The second kappa shape index (κ2) is 5.56. The van der Waals surface area contributed by atoms with Crippen molar-refractivity contribution in [2.75, 3.05) is 30.7 Å². The molecule has 0 aliphatic carbocycles. The predicted octanol–water partition coefficient (Wildman–Crippen LogP) is 2.21. The summed E-state index contributed by atoms with van der Waals surface area (Å²) in [6, 6.07) is 3.97. The highest BCUT2D eigenvalue weighted by Gasteiger charge is 2.17. The van der Waals surface area contributed by atoms with Gasteiger partial charge in [-0.05, 0) is 38.9 Å². The quantitative estimate of drug-likeness (QED) is 0.809. The lowest BCUT2D eigenvalue weighted by atomic mass is 10.3. The molecular formula is C12H19ClN4. The van der Waals surface area contributed by atoms with Crippen LogP contribution >= 0.6 is 11.6 Å². The van der Waals surface area contributed by atoms with Crippen LogP contribution in [-0.2, 0) is 0 Å². The number of likely N-dealkylation sites (tertiary alicyclic amines) is 1. The molecule has 0 aromatic carbocycles. The fourth-order valence-electron chi connectivity index (χ4n) is 2.17. The minimum absolute atomic E-state index is 0.432. The fraction of sp³-hybridized carbons (Fsp3) is 0.583. The lowest BCUT2D eigenvalue weighted by molar-refractivity contribution is 0.269. The van der Waals surface area contributed by atoms with Gasteiger partial charge in [-0.3, -0.25) is 4.90 Å². The average Bonchev–Trinajstić information content (AvgIpc) is 2.78. The van der Waals surface area contributed by atoms with E-state index in [4.69, 9.17) is 17.3 Å². The van der Waals surface area contributed by atoms with Crippen LogP contribution in [0.3, 0.4) is 0 Å². The first-order chi connectivity index (χ1) is 8.15. The summed E-state index contributed by atoms with van der Waals surface area (Å²) >= 11 is 5.85. The summed E-state index contributed by atoms with van der Waals surface area (Å²) in [7, 11) is 0. The molecule has 2 heterocycles. The Morgan fingerprint density at radius 1 is 1.47 bits per heavy atom. The van der Waals surface area contributed by atoms with E-state index in [0.29, 0.717) is 16.9 Å². The first-order valence-corrected chi connectivity index (χ1v) is 6.44. The predicted molar refractivity (Wildman–Crippen MR) is 72.4 cm³/mol. The van der Waals surface area contributed by atoms with Crippen molar-refractivity contribution < 1.29 is 0 Å². The standard InChI is InChI=1S/C12H19ClN4/c1-9(17-4-2-3-5-17)8-15-12-7-10(14)6-11(13)16-12/h6-7,9H,2-5,8H2,1H3,(H3,14,15,16). The zero-order chi connectivity index (χ0) is 12.3. The van der Waals surface area contributed by atoms with E-state index in [1.165, 1.54) is 25.9 Å². The van der Waals surface area contributed by atoms with E-state index in [1.807, 2.05) is 6.07 Å². The number of anilines is 2.